The Morgan fingerprint density at radius 2 is 1.83 bits per heavy atom. The molecule has 0 bridgehead atoms. The first-order valence-corrected chi connectivity index (χ1v) is 12.5. The molecule has 0 radical (unpaired) electrons. The molecule has 0 saturated carbocycles. The van der Waals surface area contributed by atoms with Gasteiger partial charge < -0.3 is 26.2 Å². The van der Waals surface area contributed by atoms with Gasteiger partial charge in [-0.15, -0.1) is 0 Å². The van der Waals surface area contributed by atoms with Gasteiger partial charge in [0.1, 0.15) is 0 Å². The Bertz CT molecular complexity index is 1180. The second kappa shape index (κ2) is 11.0. The predicted octanol–water partition coefficient (Wildman–Crippen LogP) is 5.26. The van der Waals surface area contributed by atoms with Crippen LogP contribution in [0.15, 0.2) is 55.1 Å². The summed E-state index contributed by atoms with van der Waals surface area (Å²) in [5, 5.41) is 13.7. The number of aromatic nitrogens is 3. The second-order valence-corrected chi connectivity index (χ2v) is 10.7. The van der Waals surface area contributed by atoms with E-state index < -0.39 is 0 Å². The molecule has 3 aromatic rings. The Hall–Kier alpha value is -3.65. The predicted molar refractivity (Wildman–Crippen MR) is 151 cm³/mol. The third kappa shape index (κ3) is 6.95. The smallest absolute Gasteiger partial charge is 0.233 e. The second-order valence-electron chi connectivity index (χ2n) is 10.7. The van der Waals surface area contributed by atoms with Gasteiger partial charge in [0.2, 0.25) is 17.8 Å². The minimum Gasteiger partial charge on any atom is -0.356 e. The molecule has 0 amide bonds. The normalized spacial score (nSPS) is 15.4. The number of hydrogen-bond acceptors (Lipinski definition) is 8. The van der Waals surface area contributed by atoms with E-state index in [0.29, 0.717) is 23.9 Å². The van der Waals surface area contributed by atoms with E-state index in [0.717, 1.165) is 54.3 Å². The van der Waals surface area contributed by atoms with E-state index in [9.17, 15) is 0 Å². The highest BCUT2D eigenvalue weighted by Crippen LogP contribution is 2.26. The maximum Gasteiger partial charge on any atom is 0.233 e. The molecular formula is C28H38N8. The lowest BCUT2D eigenvalue weighted by atomic mass is 9.96. The van der Waals surface area contributed by atoms with Gasteiger partial charge in [-0.25, -0.2) is 0 Å². The van der Waals surface area contributed by atoms with Crippen molar-refractivity contribution in [2.75, 3.05) is 47.5 Å². The van der Waals surface area contributed by atoms with Crippen molar-refractivity contribution in [2.24, 2.45) is 5.41 Å². The van der Waals surface area contributed by atoms with E-state index in [1.807, 2.05) is 37.4 Å². The zero-order valence-corrected chi connectivity index (χ0v) is 22.0. The molecule has 1 saturated heterocycles. The van der Waals surface area contributed by atoms with Gasteiger partial charge in [-0.2, -0.15) is 15.0 Å². The van der Waals surface area contributed by atoms with Crippen LogP contribution in [0.1, 0.15) is 38.3 Å². The number of aryl methyl sites for hydroxylation is 1. The Morgan fingerprint density at radius 3 is 2.53 bits per heavy atom. The summed E-state index contributed by atoms with van der Waals surface area (Å²) in [6.07, 6.45) is 1.04. The van der Waals surface area contributed by atoms with Crippen molar-refractivity contribution in [3.8, 4) is 0 Å². The molecule has 1 atom stereocenters. The molecule has 2 heterocycles. The molecule has 8 heteroatoms. The largest absolute Gasteiger partial charge is 0.356 e. The van der Waals surface area contributed by atoms with E-state index in [1.165, 1.54) is 0 Å². The monoisotopic (exact) mass is 486 g/mol. The van der Waals surface area contributed by atoms with Gasteiger partial charge >= 0.3 is 0 Å². The van der Waals surface area contributed by atoms with Crippen molar-refractivity contribution in [3.63, 3.8) is 0 Å². The first-order chi connectivity index (χ1) is 17.2. The molecule has 1 fully saturated rings. The zero-order valence-electron chi connectivity index (χ0n) is 22.0. The fraction of sp³-hybridized carbons (Fsp3) is 0.393. The third-order valence-corrected chi connectivity index (χ3v) is 5.97. The van der Waals surface area contributed by atoms with Gasteiger partial charge in [-0.1, -0.05) is 57.7 Å². The highest BCUT2D eigenvalue weighted by atomic mass is 15.3. The van der Waals surface area contributed by atoms with Crippen molar-refractivity contribution < 1.29 is 0 Å². The lowest BCUT2D eigenvalue weighted by Crippen LogP contribution is -2.31. The standard InChI is InChI=1S/C28H38N8/c1-19-12-13-21(20(2)30-22-10-8-7-9-11-22)16-24(19)32-26-33-25(31-23-14-15-29-17-23)34-27(35-26)36(6)18-28(3,4)5/h7-13,16,23,29-30H,2,14-15,17-18H2,1,3-6H3,(H2,31,32,33,34,35)/t23-/m1/s1. The number of benzene rings is 2. The van der Waals surface area contributed by atoms with E-state index in [-0.39, 0.29) is 5.41 Å². The van der Waals surface area contributed by atoms with Gasteiger partial charge in [-0.3, -0.25) is 0 Å². The van der Waals surface area contributed by atoms with Crippen molar-refractivity contribution >= 4 is 34.9 Å². The summed E-state index contributed by atoms with van der Waals surface area (Å²) in [4.78, 5) is 16.3. The summed E-state index contributed by atoms with van der Waals surface area (Å²) in [5.74, 6) is 1.73. The maximum atomic E-state index is 4.77. The lowest BCUT2D eigenvalue weighted by Gasteiger charge is -2.27. The molecule has 8 nitrogen and oxygen atoms in total. The summed E-state index contributed by atoms with van der Waals surface area (Å²) in [6.45, 7) is 15.6. The SMILES string of the molecule is C=C(Nc1ccccc1)c1ccc(C)c(Nc2nc(N[C@@H]3CCNC3)nc(N(C)CC(C)(C)C)n2)c1. The zero-order chi connectivity index (χ0) is 25.7. The Morgan fingerprint density at radius 1 is 1.08 bits per heavy atom. The molecule has 0 aliphatic carbocycles. The van der Waals surface area contributed by atoms with Gasteiger partial charge in [0.15, 0.2) is 0 Å². The molecule has 36 heavy (non-hydrogen) atoms. The van der Waals surface area contributed by atoms with Crippen LogP contribution in [0, 0.1) is 12.3 Å². The number of anilines is 5. The first-order valence-electron chi connectivity index (χ1n) is 12.5. The molecule has 190 valence electrons. The Kier molecular flexibility index (Phi) is 7.74. The third-order valence-electron chi connectivity index (χ3n) is 5.97. The van der Waals surface area contributed by atoms with E-state index in [4.69, 9.17) is 15.0 Å². The molecule has 1 aliphatic rings. The van der Waals surface area contributed by atoms with Crippen LogP contribution in [0.25, 0.3) is 5.70 Å². The molecular weight excluding hydrogens is 448 g/mol. The average molecular weight is 487 g/mol. The van der Waals surface area contributed by atoms with Gasteiger partial charge in [0.05, 0.1) is 0 Å². The van der Waals surface area contributed by atoms with E-state index in [2.05, 4.69) is 78.6 Å². The van der Waals surface area contributed by atoms with E-state index in [1.54, 1.807) is 0 Å². The molecule has 4 N–H and O–H groups in total. The molecule has 4 rings (SSSR count). The quantitative estimate of drug-likeness (QED) is 0.326. The van der Waals surface area contributed by atoms with Crippen LogP contribution in [0.2, 0.25) is 0 Å². The summed E-state index contributed by atoms with van der Waals surface area (Å²) in [6, 6.07) is 16.6. The van der Waals surface area contributed by atoms with Gasteiger partial charge in [-0.05, 0) is 54.6 Å². The minimum atomic E-state index is 0.106. The van der Waals surface area contributed by atoms with Gasteiger partial charge in [0.25, 0.3) is 0 Å². The van der Waals surface area contributed by atoms with Crippen LogP contribution in [0.3, 0.4) is 0 Å². The van der Waals surface area contributed by atoms with Crippen LogP contribution in [0.4, 0.5) is 29.2 Å². The summed E-state index contributed by atoms with van der Waals surface area (Å²) in [7, 11) is 2.02. The molecule has 2 aromatic carbocycles. The average Bonchev–Trinajstić information content (AvgIpc) is 3.33. The van der Waals surface area contributed by atoms with Crippen LogP contribution in [0.5, 0.6) is 0 Å². The molecule has 0 spiro atoms. The highest BCUT2D eigenvalue weighted by molar-refractivity contribution is 5.78. The number of nitrogens with zero attached hydrogens (tertiary/aromatic N) is 4. The van der Waals surface area contributed by atoms with Crippen LogP contribution in [-0.4, -0.2) is 47.7 Å². The summed E-state index contributed by atoms with van der Waals surface area (Å²) in [5.41, 5.74) is 4.93. The number of hydrogen-bond donors (Lipinski definition) is 4. The highest BCUT2D eigenvalue weighted by Gasteiger charge is 2.20. The Labute approximate surface area is 214 Å². The van der Waals surface area contributed by atoms with Crippen molar-refractivity contribution in [3.05, 3.63) is 66.2 Å². The molecule has 1 aliphatic heterocycles. The van der Waals surface area contributed by atoms with Gasteiger partial charge in [0, 0.05) is 43.3 Å². The van der Waals surface area contributed by atoms with Crippen molar-refractivity contribution in [1.82, 2.24) is 20.3 Å². The number of rotatable bonds is 9. The van der Waals surface area contributed by atoms with Crippen molar-refractivity contribution in [1.29, 1.82) is 0 Å². The Balaban J connectivity index is 1.59. The van der Waals surface area contributed by atoms with Crippen LogP contribution in [-0.2, 0) is 0 Å². The van der Waals surface area contributed by atoms with Crippen molar-refractivity contribution in [2.45, 2.75) is 40.2 Å². The maximum absolute atomic E-state index is 4.77. The first kappa shape index (κ1) is 25.4. The summed E-state index contributed by atoms with van der Waals surface area (Å²) >= 11 is 0. The number of nitrogens with one attached hydrogen (secondary N) is 4. The van der Waals surface area contributed by atoms with Crippen LogP contribution < -0.4 is 26.2 Å². The minimum absolute atomic E-state index is 0.106. The molecule has 1 aromatic heterocycles. The lowest BCUT2D eigenvalue weighted by molar-refractivity contribution is 0.416. The fourth-order valence-corrected chi connectivity index (χ4v) is 4.23. The molecule has 0 unspecified atom stereocenters. The fourth-order valence-electron chi connectivity index (χ4n) is 4.23. The topological polar surface area (TPSA) is 90.0 Å². The summed E-state index contributed by atoms with van der Waals surface area (Å²) < 4.78 is 0. The van der Waals surface area contributed by atoms with Crippen LogP contribution >= 0.6 is 0 Å². The van der Waals surface area contributed by atoms with E-state index >= 15 is 0 Å². The number of para-hydroxylation sites is 1.